The minimum Gasteiger partial charge on any atom is -0.444 e. The number of hydrazine groups is 1. The van der Waals surface area contributed by atoms with Crippen molar-refractivity contribution in [2.45, 2.75) is 32.4 Å². The Labute approximate surface area is 149 Å². The van der Waals surface area contributed by atoms with Crippen molar-refractivity contribution in [2.75, 3.05) is 23.4 Å². The van der Waals surface area contributed by atoms with Gasteiger partial charge in [-0.1, -0.05) is 11.6 Å². The van der Waals surface area contributed by atoms with Gasteiger partial charge in [0.05, 0.1) is 11.1 Å². The van der Waals surface area contributed by atoms with E-state index in [4.69, 9.17) is 22.2 Å². The number of hydrogen-bond acceptors (Lipinski definition) is 8. The van der Waals surface area contributed by atoms with Crippen molar-refractivity contribution in [3.8, 4) is 0 Å². The Bertz CT molecular complexity index is 802. The second-order valence-corrected chi connectivity index (χ2v) is 7.22. The lowest BCUT2D eigenvalue weighted by molar-refractivity contribution is 0.0496. The van der Waals surface area contributed by atoms with E-state index in [1.54, 1.807) is 6.07 Å². The number of anilines is 2. The van der Waals surface area contributed by atoms with E-state index >= 15 is 0 Å². The molecule has 1 amide bonds. The molecule has 1 aliphatic heterocycles. The first-order valence-electron chi connectivity index (χ1n) is 7.79. The molecule has 0 saturated carbocycles. The third-order valence-corrected chi connectivity index (χ3v) is 3.72. The minimum atomic E-state index is -0.527. The molecule has 1 aliphatic rings. The van der Waals surface area contributed by atoms with Crippen LogP contribution in [0.3, 0.4) is 0 Å². The normalized spacial score (nSPS) is 15.0. The van der Waals surface area contributed by atoms with Crippen LogP contribution >= 0.6 is 11.6 Å². The summed E-state index contributed by atoms with van der Waals surface area (Å²) < 4.78 is 5.25. The smallest absolute Gasteiger partial charge is 0.407 e. The molecule has 3 heterocycles. The third kappa shape index (κ3) is 3.99. The van der Waals surface area contributed by atoms with Crippen LogP contribution in [0.5, 0.6) is 0 Å². The lowest BCUT2D eigenvalue weighted by atomic mass is 10.1. The van der Waals surface area contributed by atoms with Crippen LogP contribution in [0, 0.1) is 0 Å². The molecule has 0 spiro atoms. The van der Waals surface area contributed by atoms with Crippen LogP contribution in [-0.2, 0) is 4.74 Å². The number of nitrogen functional groups attached to an aromatic ring is 1. The number of aromatic nitrogens is 3. The van der Waals surface area contributed by atoms with Crippen LogP contribution < -0.4 is 21.5 Å². The van der Waals surface area contributed by atoms with E-state index in [0.717, 1.165) is 0 Å². The number of nitrogens with one attached hydrogen (secondary N) is 2. The summed E-state index contributed by atoms with van der Waals surface area (Å²) in [5, 5.41) is 3.29. The molecule has 25 heavy (non-hydrogen) atoms. The summed E-state index contributed by atoms with van der Waals surface area (Å²) in [4.78, 5) is 26.8. The highest BCUT2D eigenvalue weighted by atomic mass is 35.5. The number of alkyl carbamates (subject to hydrolysis) is 1. The topological polar surface area (TPSA) is 118 Å². The number of nitrogens with two attached hydrogens (primary N) is 1. The number of fused-ring (bicyclic) bond motifs is 1. The quantitative estimate of drug-likeness (QED) is 0.555. The highest BCUT2D eigenvalue weighted by Gasteiger charge is 2.32. The fourth-order valence-electron chi connectivity index (χ4n) is 2.45. The molecule has 2 aromatic rings. The van der Waals surface area contributed by atoms with E-state index in [0.29, 0.717) is 40.9 Å². The van der Waals surface area contributed by atoms with Crippen LogP contribution in [0.1, 0.15) is 20.8 Å². The number of carbonyl (C=O) groups is 1. The molecule has 0 bridgehead atoms. The van der Waals surface area contributed by atoms with Gasteiger partial charge in [-0.15, -0.1) is 0 Å². The number of ether oxygens (including phenoxy) is 1. The maximum Gasteiger partial charge on any atom is 0.407 e. The van der Waals surface area contributed by atoms with Gasteiger partial charge in [0.25, 0.3) is 0 Å². The summed E-state index contributed by atoms with van der Waals surface area (Å²) in [5.74, 6) is 6.56. The fraction of sp³-hybridized carbons (Fsp3) is 0.467. The zero-order valence-corrected chi connectivity index (χ0v) is 15.0. The average Bonchev–Trinajstić information content (AvgIpc) is 2.47. The van der Waals surface area contributed by atoms with E-state index in [1.165, 1.54) is 6.20 Å². The SMILES string of the molecule is CC(C)(C)OC(=O)NC1CN(c2nc3ncc(Cl)cc3nc2NN)C1. The van der Waals surface area contributed by atoms with E-state index in [2.05, 4.69) is 25.7 Å². The van der Waals surface area contributed by atoms with Gasteiger partial charge in [0.15, 0.2) is 17.3 Å². The van der Waals surface area contributed by atoms with Crippen molar-refractivity contribution in [1.29, 1.82) is 0 Å². The van der Waals surface area contributed by atoms with Crippen LogP contribution in [0.25, 0.3) is 11.2 Å². The van der Waals surface area contributed by atoms with Crippen LogP contribution in [-0.4, -0.2) is 45.8 Å². The maximum absolute atomic E-state index is 11.8. The van der Waals surface area contributed by atoms with Gasteiger partial charge in [-0.2, -0.15) is 0 Å². The Balaban J connectivity index is 1.70. The van der Waals surface area contributed by atoms with Crippen LogP contribution in [0.4, 0.5) is 16.4 Å². The van der Waals surface area contributed by atoms with Crippen molar-refractivity contribution in [3.05, 3.63) is 17.3 Å². The summed E-state index contributed by atoms with van der Waals surface area (Å²) in [6.07, 6.45) is 1.08. The molecule has 10 heteroatoms. The minimum absolute atomic E-state index is 0.0313. The second-order valence-electron chi connectivity index (χ2n) is 6.78. The van der Waals surface area contributed by atoms with Crippen molar-refractivity contribution in [1.82, 2.24) is 20.3 Å². The molecule has 2 aromatic heterocycles. The highest BCUT2D eigenvalue weighted by molar-refractivity contribution is 6.31. The molecule has 0 unspecified atom stereocenters. The lowest BCUT2D eigenvalue weighted by Crippen LogP contribution is -2.60. The molecule has 3 rings (SSSR count). The molecule has 0 radical (unpaired) electrons. The lowest BCUT2D eigenvalue weighted by Gasteiger charge is -2.40. The standard InChI is InChI=1S/C15H20ClN7O2/c1-15(2,3)25-14(24)19-9-6-23(7-9)13-12(22-17)20-10-4-8(16)5-18-11(10)21-13/h4-5,9H,6-7,17H2,1-3H3,(H,19,24)(H,20,22). The monoisotopic (exact) mass is 365 g/mol. The Morgan fingerprint density at radius 1 is 1.40 bits per heavy atom. The molecular formula is C15H20ClN7O2. The zero-order chi connectivity index (χ0) is 18.2. The van der Waals surface area contributed by atoms with Crippen molar-refractivity contribution < 1.29 is 9.53 Å². The summed E-state index contributed by atoms with van der Waals surface area (Å²) >= 11 is 5.92. The number of amides is 1. The first kappa shape index (κ1) is 17.4. The summed E-state index contributed by atoms with van der Waals surface area (Å²) in [6.45, 7) is 6.61. The number of nitrogens with zero attached hydrogens (tertiary/aromatic N) is 4. The van der Waals surface area contributed by atoms with Gasteiger partial charge in [0.1, 0.15) is 11.1 Å². The van der Waals surface area contributed by atoms with Gasteiger partial charge in [-0.25, -0.2) is 25.6 Å². The van der Waals surface area contributed by atoms with Gasteiger partial charge in [0, 0.05) is 19.3 Å². The molecule has 1 fully saturated rings. The molecule has 0 aliphatic carbocycles. The number of pyridine rings is 1. The second kappa shape index (κ2) is 6.49. The van der Waals surface area contributed by atoms with E-state index < -0.39 is 11.7 Å². The molecular weight excluding hydrogens is 346 g/mol. The number of carbonyl (C=O) groups excluding carboxylic acids is 1. The Morgan fingerprint density at radius 2 is 2.12 bits per heavy atom. The van der Waals surface area contributed by atoms with Gasteiger partial charge in [-0.3, -0.25) is 0 Å². The predicted molar refractivity (Wildman–Crippen MR) is 95.5 cm³/mol. The largest absolute Gasteiger partial charge is 0.444 e. The Hall–Kier alpha value is -2.39. The van der Waals surface area contributed by atoms with Gasteiger partial charge < -0.3 is 20.4 Å². The fourth-order valence-corrected chi connectivity index (χ4v) is 2.60. The molecule has 0 aromatic carbocycles. The van der Waals surface area contributed by atoms with Crippen molar-refractivity contribution in [3.63, 3.8) is 0 Å². The third-order valence-electron chi connectivity index (χ3n) is 3.51. The Kier molecular flexibility index (Phi) is 4.53. The van der Waals surface area contributed by atoms with E-state index in [9.17, 15) is 4.79 Å². The van der Waals surface area contributed by atoms with Crippen molar-refractivity contribution in [2.24, 2.45) is 5.84 Å². The molecule has 9 nitrogen and oxygen atoms in total. The number of halogens is 1. The van der Waals surface area contributed by atoms with Gasteiger partial charge >= 0.3 is 6.09 Å². The number of rotatable bonds is 3. The summed E-state index contributed by atoms with van der Waals surface area (Å²) in [6, 6.07) is 1.64. The number of hydrogen-bond donors (Lipinski definition) is 3. The Morgan fingerprint density at radius 3 is 2.76 bits per heavy atom. The molecule has 0 atom stereocenters. The summed E-state index contributed by atoms with van der Waals surface area (Å²) in [7, 11) is 0. The predicted octanol–water partition coefficient (Wildman–Crippen LogP) is 1.68. The first-order chi connectivity index (χ1) is 11.7. The van der Waals surface area contributed by atoms with E-state index in [-0.39, 0.29) is 6.04 Å². The van der Waals surface area contributed by atoms with Crippen molar-refractivity contribution >= 4 is 40.5 Å². The van der Waals surface area contributed by atoms with Crippen LogP contribution in [0.2, 0.25) is 5.02 Å². The average molecular weight is 366 g/mol. The zero-order valence-electron chi connectivity index (χ0n) is 14.2. The van der Waals surface area contributed by atoms with E-state index in [1.807, 2.05) is 25.7 Å². The molecule has 4 N–H and O–H groups in total. The molecule has 134 valence electrons. The van der Waals surface area contributed by atoms with Crippen LogP contribution in [0.15, 0.2) is 12.3 Å². The van der Waals surface area contributed by atoms with Gasteiger partial charge in [0.2, 0.25) is 0 Å². The summed E-state index contributed by atoms with van der Waals surface area (Å²) in [5.41, 5.74) is 3.04. The van der Waals surface area contributed by atoms with Gasteiger partial charge in [-0.05, 0) is 26.8 Å². The first-order valence-corrected chi connectivity index (χ1v) is 8.17. The molecule has 1 saturated heterocycles. The highest BCUT2D eigenvalue weighted by Crippen LogP contribution is 2.28. The maximum atomic E-state index is 11.8.